The molecule has 2 heterocycles. The zero-order valence-electron chi connectivity index (χ0n) is 14.5. The van der Waals surface area contributed by atoms with Crippen molar-refractivity contribution in [1.82, 2.24) is 14.9 Å². The second kappa shape index (κ2) is 6.78. The molecule has 0 spiro atoms. The Kier molecular flexibility index (Phi) is 4.86. The van der Waals surface area contributed by atoms with Crippen LogP contribution in [-0.2, 0) is 10.0 Å². The molecule has 25 heavy (non-hydrogen) atoms. The van der Waals surface area contributed by atoms with Crippen molar-refractivity contribution in [3.8, 4) is 0 Å². The minimum absolute atomic E-state index is 0.135. The number of hydrogen-bond donors (Lipinski definition) is 3. The van der Waals surface area contributed by atoms with Gasteiger partial charge in [0.15, 0.2) is 0 Å². The zero-order valence-corrected chi connectivity index (χ0v) is 15.3. The van der Waals surface area contributed by atoms with Crippen molar-refractivity contribution in [2.24, 2.45) is 0 Å². The van der Waals surface area contributed by atoms with E-state index < -0.39 is 10.0 Å². The van der Waals surface area contributed by atoms with Gasteiger partial charge >= 0.3 is 0 Å². The highest BCUT2D eigenvalue weighted by Crippen LogP contribution is 2.25. The first-order valence-corrected chi connectivity index (χ1v) is 9.93. The highest BCUT2D eigenvalue weighted by molar-refractivity contribution is 7.89. The van der Waals surface area contributed by atoms with Crippen LogP contribution in [0.2, 0.25) is 0 Å². The van der Waals surface area contributed by atoms with E-state index in [1.54, 1.807) is 0 Å². The number of hydrogen-bond acceptors (Lipinski definition) is 5. The van der Waals surface area contributed by atoms with Gasteiger partial charge in [0.1, 0.15) is 5.82 Å². The number of amides is 1. The number of rotatable bonds is 5. The summed E-state index contributed by atoms with van der Waals surface area (Å²) in [6, 6.07) is 5.04. The summed E-state index contributed by atoms with van der Waals surface area (Å²) in [5.41, 5.74) is 0.842. The largest absolute Gasteiger partial charge is 0.342 e. The van der Waals surface area contributed by atoms with E-state index >= 15 is 0 Å². The van der Waals surface area contributed by atoms with Crippen molar-refractivity contribution in [1.29, 1.82) is 0 Å². The fraction of sp³-hybridized carbons (Fsp3) is 0.471. The van der Waals surface area contributed by atoms with E-state index in [1.807, 2.05) is 0 Å². The predicted molar refractivity (Wildman–Crippen MR) is 96.7 cm³/mol. The molecule has 3 rings (SSSR count). The molecule has 1 atom stereocenters. The number of carbonyl (C=O) groups is 1. The van der Waals surface area contributed by atoms with Gasteiger partial charge < -0.3 is 10.6 Å². The lowest BCUT2D eigenvalue weighted by Gasteiger charge is -2.28. The molecule has 0 bridgehead atoms. The Bertz CT molecular complexity index is 804. The minimum Gasteiger partial charge on any atom is -0.342 e. The van der Waals surface area contributed by atoms with Crippen LogP contribution in [0.4, 0.5) is 5.69 Å². The quantitative estimate of drug-likeness (QED) is 0.736. The summed E-state index contributed by atoms with van der Waals surface area (Å²) in [7, 11) is -3.64. The number of likely N-dealkylation sites (tertiary alicyclic amines) is 1. The maximum atomic E-state index is 12.6. The molecule has 1 aromatic rings. The number of benzene rings is 1. The van der Waals surface area contributed by atoms with Crippen molar-refractivity contribution in [2.45, 2.75) is 43.7 Å². The van der Waals surface area contributed by atoms with E-state index in [4.69, 9.17) is 0 Å². The molecule has 1 aromatic carbocycles. The zero-order chi connectivity index (χ0) is 18.2. The predicted octanol–water partition coefficient (Wildman–Crippen LogP) is 1.46. The topological polar surface area (TPSA) is 90.5 Å². The Morgan fingerprint density at radius 1 is 1.36 bits per heavy atom. The van der Waals surface area contributed by atoms with Gasteiger partial charge in [-0.2, -0.15) is 0 Å². The fourth-order valence-electron chi connectivity index (χ4n) is 3.44. The van der Waals surface area contributed by atoms with E-state index in [0.717, 1.165) is 19.4 Å². The molecule has 2 aliphatic rings. The highest BCUT2D eigenvalue weighted by atomic mass is 32.2. The maximum Gasteiger partial charge on any atom is 0.258 e. The summed E-state index contributed by atoms with van der Waals surface area (Å²) in [6.45, 7) is 9.30. The summed E-state index contributed by atoms with van der Waals surface area (Å²) < 4.78 is 28.0. The van der Waals surface area contributed by atoms with Gasteiger partial charge in [-0.15, -0.1) is 0 Å². The van der Waals surface area contributed by atoms with Crippen LogP contribution >= 0.6 is 0 Å². The molecule has 2 aliphatic heterocycles. The molecule has 1 amide bonds. The van der Waals surface area contributed by atoms with Gasteiger partial charge in [0.2, 0.25) is 10.0 Å². The van der Waals surface area contributed by atoms with E-state index in [0.29, 0.717) is 29.7 Å². The monoisotopic (exact) mass is 364 g/mol. The lowest BCUT2D eigenvalue weighted by Crippen LogP contribution is -2.43. The Morgan fingerprint density at radius 3 is 2.84 bits per heavy atom. The third-order valence-corrected chi connectivity index (χ3v) is 6.11. The van der Waals surface area contributed by atoms with Crippen molar-refractivity contribution in [3.63, 3.8) is 0 Å². The van der Waals surface area contributed by atoms with Gasteiger partial charge in [0, 0.05) is 18.6 Å². The molecule has 3 N–H and O–H groups in total. The molecule has 136 valence electrons. The smallest absolute Gasteiger partial charge is 0.258 e. The second-order valence-electron chi connectivity index (χ2n) is 6.74. The van der Waals surface area contributed by atoms with Crippen LogP contribution in [0, 0.1) is 0 Å². The number of anilines is 1. The Hall–Kier alpha value is -1.90. The maximum absolute atomic E-state index is 12.6. The number of carbonyl (C=O) groups excluding carboxylic acids is 1. The van der Waals surface area contributed by atoms with Crippen LogP contribution in [0.1, 0.15) is 37.0 Å². The lowest BCUT2D eigenvalue weighted by molar-refractivity contribution is 0.0964. The highest BCUT2D eigenvalue weighted by Gasteiger charge is 2.28. The standard InChI is InChI=1S/C17H24N4O3S/c1-11(2)21-8-4-5-13(21)10-18-25(23,24)14-6-7-15-16(9-14)19-12(3)20-17(15)22/h6-7,9,11,13,18-19H,3-5,8,10H2,1-2H3,(H,20,22)/t13-/m0/s1. The summed E-state index contributed by atoms with van der Waals surface area (Å²) >= 11 is 0. The first-order chi connectivity index (χ1) is 11.8. The molecule has 1 fully saturated rings. The van der Waals surface area contributed by atoms with Crippen molar-refractivity contribution >= 4 is 21.6 Å². The van der Waals surface area contributed by atoms with Crippen molar-refractivity contribution in [3.05, 3.63) is 36.2 Å². The van der Waals surface area contributed by atoms with E-state index in [-0.39, 0.29) is 16.8 Å². The molecule has 0 aliphatic carbocycles. The minimum atomic E-state index is -3.64. The van der Waals surface area contributed by atoms with Gasteiger partial charge in [-0.3, -0.25) is 9.69 Å². The van der Waals surface area contributed by atoms with E-state index in [1.165, 1.54) is 18.2 Å². The molecule has 0 saturated carbocycles. The molecule has 8 heteroatoms. The Balaban J connectivity index is 1.76. The summed E-state index contributed by atoms with van der Waals surface area (Å²) in [5.74, 6) is 0.0349. The van der Waals surface area contributed by atoms with Gasteiger partial charge in [-0.05, 0) is 51.4 Å². The van der Waals surface area contributed by atoms with Gasteiger partial charge in [-0.1, -0.05) is 6.58 Å². The normalized spacial score (nSPS) is 21.2. The number of nitrogens with one attached hydrogen (secondary N) is 3. The van der Waals surface area contributed by atoms with Crippen LogP contribution in [0.3, 0.4) is 0 Å². The third-order valence-electron chi connectivity index (χ3n) is 4.69. The first-order valence-electron chi connectivity index (χ1n) is 8.44. The number of fused-ring (bicyclic) bond motifs is 1. The lowest BCUT2D eigenvalue weighted by atomic mass is 10.1. The molecule has 7 nitrogen and oxygen atoms in total. The van der Waals surface area contributed by atoms with Crippen molar-refractivity contribution < 1.29 is 13.2 Å². The van der Waals surface area contributed by atoms with Crippen LogP contribution in [0.15, 0.2) is 35.5 Å². The van der Waals surface area contributed by atoms with Crippen LogP contribution < -0.4 is 15.4 Å². The number of sulfonamides is 1. The third kappa shape index (κ3) is 3.70. The number of nitrogens with zero attached hydrogens (tertiary/aromatic N) is 1. The molecule has 1 saturated heterocycles. The van der Waals surface area contributed by atoms with Crippen LogP contribution in [-0.4, -0.2) is 44.4 Å². The average Bonchev–Trinajstić information content (AvgIpc) is 3.01. The van der Waals surface area contributed by atoms with Gasteiger partial charge in [0.25, 0.3) is 5.91 Å². The average molecular weight is 364 g/mol. The summed E-state index contributed by atoms with van der Waals surface area (Å²) in [4.78, 5) is 14.3. The molecule has 0 unspecified atom stereocenters. The molecular formula is C17H24N4O3S. The summed E-state index contributed by atoms with van der Waals surface area (Å²) in [5, 5.41) is 5.45. The Morgan fingerprint density at radius 2 is 2.12 bits per heavy atom. The Labute approximate surface area is 148 Å². The summed E-state index contributed by atoms with van der Waals surface area (Å²) in [6.07, 6.45) is 2.08. The van der Waals surface area contributed by atoms with Gasteiger partial charge in [-0.25, -0.2) is 13.1 Å². The fourth-order valence-corrected chi connectivity index (χ4v) is 4.54. The molecule has 0 aromatic heterocycles. The van der Waals surface area contributed by atoms with Crippen LogP contribution in [0.25, 0.3) is 0 Å². The van der Waals surface area contributed by atoms with Gasteiger partial charge in [0.05, 0.1) is 16.1 Å². The first kappa shape index (κ1) is 17.9. The van der Waals surface area contributed by atoms with Crippen LogP contribution in [0.5, 0.6) is 0 Å². The van der Waals surface area contributed by atoms with E-state index in [2.05, 4.69) is 40.7 Å². The second-order valence-corrected chi connectivity index (χ2v) is 8.51. The van der Waals surface area contributed by atoms with E-state index in [9.17, 15) is 13.2 Å². The van der Waals surface area contributed by atoms with Crippen molar-refractivity contribution in [2.75, 3.05) is 18.4 Å². The molecule has 0 radical (unpaired) electrons. The SMILES string of the molecule is C=C1NC(=O)c2ccc(S(=O)(=O)NC[C@@H]3CCCN3C(C)C)cc2N1. The molecular weight excluding hydrogens is 340 g/mol.